The molecular weight excluding hydrogens is 440 g/mol. The number of nitro benzene ring substituents is 1. The number of sulfonamides is 1. The standard InChI is InChI=1S/C20H20N4O5S2/c1-29-17-8-4-2-6-15(17)20-22-21-19(30-20)14-10-12-23(13-11-14)31(27,28)18-9-5-3-7-16(18)24(25)26/h2-9,14H,10-13H2,1H3. The van der Waals surface area contributed by atoms with Gasteiger partial charge in [0.05, 0.1) is 17.6 Å². The van der Waals surface area contributed by atoms with Crippen LogP contribution in [0.25, 0.3) is 10.6 Å². The summed E-state index contributed by atoms with van der Waals surface area (Å²) in [4.78, 5) is 10.3. The Morgan fingerprint density at radius 1 is 1.10 bits per heavy atom. The molecule has 162 valence electrons. The van der Waals surface area contributed by atoms with Crippen molar-refractivity contribution in [2.24, 2.45) is 0 Å². The first-order valence-corrected chi connectivity index (χ1v) is 11.9. The van der Waals surface area contributed by atoms with E-state index in [4.69, 9.17) is 4.74 Å². The van der Waals surface area contributed by atoms with Crippen molar-refractivity contribution in [3.63, 3.8) is 0 Å². The number of nitro groups is 1. The van der Waals surface area contributed by atoms with Gasteiger partial charge in [0.2, 0.25) is 10.0 Å². The monoisotopic (exact) mass is 460 g/mol. The van der Waals surface area contributed by atoms with Crippen LogP contribution in [0.4, 0.5) is 5.69 Å². The third kappa shape index (κ3) is 4.16. The maximum Gasteiger partial charge on any atom is 0.289 e. The van der Waals surface area contributed by atoms with Crippen LogP contribution in [0.3, 0.4) is 0 Å². The normalized spacial score (nSPS) is 15.6. The molecule has 2 heterocycles. The number of para-hydroxylation sites is 2. The van der Waals surface area contributed by atoms with E-state index in [0.717, 1.165) is 21.3 Å². The van der Waals surface area contributed by atoms with E-state index in [1.54, 1.807) is 7.11 Å². The van der Waals surface area contributed by atoms with Gasteiger partial charge in [-0.2, -0.15) is 4.31 Å². The Balaban J connectivity index is 1.50. The first kappa shape index (κ1) is 21.3. The van der Waals surface area contributed by atoms with Crippen molar-refractivity contribution >= 4 is 27.0 Å². The maximum absolute atomic E-state index is 13.0. The Morgan fingerprint density at radius 3 is 2.48 bits per heavy atom. The average molecular weight is 461 g/mol. The lowest BCUT2D eigenvalue weighted by Gasteiger charge is -2.29. The predicted octanol–water partition coefficient (Wildman–Crippen LogP) is 3.69. The zero-order chi connectivity index (χ0) is 22.0. The largest absolute Gasteiger partial charge is 0.496 e. The smallest absolute Gasteiger partial charge is 0.289 e. The minimum absolute atomic E-state index is 0.0816. The van der Waals surface area contributed by atoms with E-state index >= 15 is 0 Å². The molecule has 1 fully saturated rings. The van der Waals surface area contributed by atoms with Gasteiger partial charge < -0.3 is 4.74 Å². The summed E-state index contributed by atoms with van der Waals surface area (Å²) in [6.45, 7) is 0.533. The van der Waals surface area contributed by atoms with Crippen LogP contribution in [0.15, 0.2) is 53.4 Å². The van der Waals surface area contributed by atoms with Gasteiger partial charge in [-0.3, -0.25) is 10.1 Å². The number of rotatable bonds is 6. The predicted molar refractivity (Wildman–Crippen MR) is 116 cm³/mol. The maximum atomic E-state index is 13.0. The molecule has 0 atom stereocenters. The summed E-state index contributed by atoms with van der Waals surface area (Å²) in [5, 5.41) is 21.5. The Morgan fingerprint density at radius 2 is 1.77 bits per heavy atom. The van der Waals surface area contributed by atoms with Gasteiger partial charge in [-0.05, 0) is 31.0 Å². The summed E-state index contributed by atoms with van der Waals surface area (Å²) in [6.07, 6.45) is 1.14. The molecule has 0 saturated carbocycles. The Kier molecular flexibility index (Phi) is 5.99. The number of hydrogen-bond acceptors (Lipinski definition) is 8. The van der Waals surface area contributed by atoms with Gasteiger partial charge in [-0.1, -0.05) is 35.6 Å². The van der Waals surface area contributed by atoms with Crippen LogP contribution < -0.4 is 4.74 Å². The zero-order valence-corrected chi connectivity index (χ0v) is 18.3. The minimum Gasteiger partial charge on any atom is -0.496 e. The molecule has 0 amide bonds. The number of nitrogens with zero attached hydrogens (tertiary/aromatic N) is 4. The molecular formula is C20H20N4O5S2. The van der Waals surface area contributed by atoms with Crippen LogP contribution in [0, 0.1) is 10.1 Å². The van der Waals surface area contributed by atoms with Gasteiger partial charge in [0, 0.05) is 25.1 Å². The molecule has 2 aromatic carbocycles. The van der Waals surface area contributed by atoms with E-state index in [-0.39, 0.29) is 23.9 Å². The van der Waals surface area contributed by atoms with E-state index in [9.17, 15) is 18.5 Å². The molecule has 1 saturated heterocycles. The summed E-state index contributed by atoms with van der Waals surface area (Å²) in [7, 11) is -2.34. The van der Waals surface area contributed by atoms with Gasteiger partial charge in [-0.15, -0.1) is 10.2 Å². The van der Waals surface area contributed by atoms with E-state index in [0.29, 0.717) is 12.8 Å². The molecule has 0 bridgehead atoms. The number of methoxy groups -OCH3 is 1. The zero-order valence-electron chi connectivity index (χ0n) is 16.7. The van der Waals surface area contributed by atoms with Crippen molar-refractivity contribution in [1.82, 2.24) is 14.5 Å². The highest BCUT2D eigenvalue weighted by Crippen LogP contribution is 2.38. The minimum atomic E-state index is -3.95. The van der Waals surface area contributed by atoms with E-state index in [1.807, 2.05) is 24.3 Å². The molecule has 0 aliphatic carbocycles. The van der Waals surface area contributed by atoms with Crippen molar-refractivity contribution in [2.75, 3.05) is 20.2 Å². The molecule has 3 aromatic rings. The average Bonchev–Trinajstić information content (AvgIpc) is 3.29. The molecule has 4 rings (SSSR count). The van der Waals surface area contributed by atoms with E-state index in [2.05, 4.69) is 10.2 Å². The first-order valence-electron chi connectivity index (χ1n) is 9.62. The highest BCUT2D eigenvalue weighted by atomic mass is 32.2. The lowest BCUT2D eigenvalue weighted by molar-refractivity contribution is -0.387. The third-order valence-corrected chi connectivity index (χ3v) is 8.33. The molecule has 9 nitrogen and oxygen atoms in total. The quantitative estimate of drug-likeness (QED) is 0.407. The first-order chi connectivity index (χ1) is 14.9. The molecule has 0 radical (unpaired) electrons. The van der Waals surface area contributed by atoms with Gasteiger partial charge in [0.15, 0.2) is 9.90 Å². The van der Waals surface area contributed by atoms with Gasteiger partial charge in [-0.25, -0.2) is 8.42 Å². The lowest BCUT2D eigenvalue weighted by atomic mass is 9.99. The summed E-state index contributed by atoms with van der Waals surface area (Å²) in [5.41, 5.74) is 0.459. The number of aromatic nitrogens is 2. The number of ether oxygens (including phenoxy) is 1. The van der Waals surface area contributed by atoms with E-state index in [1.165, 1.54) is 39.9 Å². The Hall–Kier alpha value is -2.89. The molecule has 1 aliphatic heterocycles. The highest BCUT2D eigenvalue weighted by molar-refractivity contribution is 7.89. The van der Waals surface area contributed by atoms with Crippen LogP contribution in [-0.2, 0) is 10.0 Å². The van der Waals surface area contributed by atoms with Gasteiger partial charge in [0.1, 0.15) is 10.8 Å². The summed E-state index contributed by atoms with van der Waals surface area (Å²) in [6, 6.07) is 13.0. The second-order valence-corrected chi connectivity index (χ2v) is 9.96. The van der Waals surface area contributed by atoms with Crippen molar-refractivity contribution in [2.45, 2.75) is 23.7 Å². The highest BCUT2D eigenvalue weighted by Gasteiger charge is 2.35. The number of piperidine rings is 1. The summed E-state index contributed by atoms with van der Waals surface area (Å²) >= 11 is 1.47. The SMILES string of the molecule is COc1ccccc1-c1nnc(C2CCN(S(=O)(=O)c3ccccc3[N+](=O)[O-])CC2)s1. The summed E-state index contributed by atoms with van der Waals surface area (Å²) < 4.78 is 32.7. The fourth-order valence-electron chi connectivity index (χ4n) is 3.64. The fraction of sp³-hybridized carbons (Fsp3) is 0.300. The molecule has 0 N–H and O–H groups in total. The molecule has 1 aliphatic rings. The second-order valence-electron chi connectivity index (χ2n) is 7.05. The number of hydrogen-bond donors (Lipinski definition) is 0. The van der Waals surface area contributed by atoms with Crippen LogP contribution in [-0.4, -0.2) is 48.0 Å². The molecule has 11 heteroatoms. The van der Waals surface area contributed by atoms with Crippen LogP contribution >= 0.6 is 11.3 Å². The third-order valence-electron chi connectivity index (χ3n) is 5.26. The summed E-state index contributed by atoms with van der Waals surface area (Å²) in [5.74, 6) is 0.800. The molecule has 1 aromatic heterocycles. The van der Waals surface area contributed by atoms with Gasteiger partial charge in [0.25, 0.3) is 5.69 Å². The Labute approximate surface area is 183 Å². The molecule has 31 heavy (non-hydrogen) atoms. The Bertz CT molecular complexity index is 1200. The lowest BCUT2D eigenvalue weighted by Crippen LogP contribution is -2.38. The molecule has 0 unspecified atom stereocenters. The van der Waals surface area contributed by atoms with E-state index < -0.39 is 20.6 Å². The second kappa shape index (κ2) is 8.69. The topological polar surface area (TPSA) is 116 Å². The number of benzene rings is 2. The van der Waals surface area contributed by atoms with Crippen molar-refractivity contribution in [3.8, 4) is 16.3 Å². The fourth-order valence-corrected chi connectivity index (χ4v) is 6.31. The van der Waals surface area contributed by atoms with Crippen molar-refractivity contribution < 1.29 is 18.1 Å². The van der Waals surface area contributed by atoms with Gasteiger partial charge >= 0.3 is 0 Å². The van der Waals surface area contributed by atoms with Crippen LogP contribution in [0.2, 0.25) is 0 Å². The van der Waals surface area contributed by atoms with Crippen molar-refractivity contribution in [3.05, 3.63) is 63.7 Å². The van der Waals surface area contributed by atoms with Crippen LogP contribution in [0.5, 0.6) is 5.75 Å². The molecule has 0 spiro atoms. The van der Waals surface area contributed by atoms with Crippen molar-refractivity contribution in [1.29, 1.82) is 0 Å². The van der Waals surface area contributed by atoms with Crippen LogP contribution in [0.1, 0.15) is 23.8 Å².